The predicted octanol–water partition coefficient (Wildman–Crippen LogP) is 2.44. The maximum atomic E-state index is 11.3. The Bertz CT molecular complexity index is 1040. The van der Waals surface area contributed by atoms with Crippen molar-refractivity contribution in [3.05, 3.63) is 46.9 Å². The Morgan fingerprint density at radius 1 is 1.14 bits per heavy atom. The van der Waals surface area contributed by atoms with Gasteiger partial charge < -0.3 is 9.67 Å². The third-order valence-electron chi connectivity index (χ3n) is 6.22. The van der Waals surface area contributed by atoms with Crippen molar-refractivity contribution in [1.29, 1.82) is 0 Å². The van der Waals surface area contributed by atoms with Crippen LogP contribution in [0.25, 0.3) is 11.2 Å². The third kappa shape index (κ3) is 2.72. The van der Waals surface area contributed by atoms with Crippen molar-refractivity contribution in [2.75, 3.05) is 13.1 Å². The van der Waals surface area contributed by atoms with E-state index in [0.717, 1.165) is 36.4 Å². The van der Waals surface area contributed by atoms with E-state index in [0.29, 0.717) is 24.0 Å². The molecule has 146 valence electrons. The average Bonchev–Trinajstić information content (AvgIpc) is 3.25. The molecule has 3 aromatic heterocycles. The second-order valence-electron chi connectivity index (χ2n) is 8.37. The highest BCUT2D eigenvalue weighted by atomic mass is 16.3. The van der Waals surface area contributed by atoms with Gasteiger partial charge in [0, 0.05) is 48.2 Å². The molecule has 7 heteroatoms. The molecule has 0 spiro atoms. The molecule has 2 aliphatic heterocycles. The van der Waals surface area contributed by atoms with Crippen LogP contribution in [0.15, 0.2) is 18.6 Å². The number of aryl methyl sites for hydroxylation is 2. The van der Waals surface area contributed by atoms with Gasteiger partial charge in [0.25, 0.3) is 0 Å². The minimum atomic E-state index is -1.09. The maximum Gasteiger partial charge on any atom is 0.159 e. The zero-order valence-corrected chi connectivity index (χ0v) is 16.7. The highest BCUT2D eigenvalue weighted by Gasteiger charge is 2.38. The number of aliphatic hydroxyl groups is 1. The summed E-state index contributed by atoms with van der Waals surface area (Å²) in [7, 11) is 0. The van der Waals surface area contributed by atoms with Gasteiger partial charge in [0.05, 0.1) is 18.4 Å². The predicted molar refractivity (Wildman–Crippen MR) is 106 cm³/mol. The molecule has 5 heterocycles. The van der Waals surface area contributed by atoms with Gasteiger partial charge in [-0.25, -0.2) is 19.9 Å². The van der Waals surface area contributed by atoms with E-state index in [1.54, 1.807) is 12.4 Å². The summed E-state index contributed by atoms with van der Waals surface area (Å²) >= 11 is 0. The summed E-state index contributed by atoms with van der Waals surface area (Å²) in [6.45, 7) is 8.29. The normalized spacial score (nSPS) is 21.5. The van der Waals surface area contributed by atoms with E-state index >= 15 is 0 Å². The second-order valence-corrected chi connectivity index (χ2v) is 8.37. The largest absolute Gasteiger partial charge is 0.383 e. The Labute approximate surface area is 164 Å². The van der Waals surface area contributed by atoms with E-state index in [1.165, 1.54) is 24.1 Å². The Morgan fingerprint density at radius 3 is 2.71 bits per heavy atom. The van der Waals surface area contributed by atoms with E-state index in [4.69, 9.17) is 9.97 Å². The molecule has 2 aliphatic rings. The van der Waals surface area contributed by atoms with E-state index < -0.39 is 5.60 Å². The smallest absolute Gasteiger partial charge is 0.159 e. The maximum absolute atomic E-state index is 11.3. The highest BCUT2D eigenvalue weighted by molar-refractivity contribution is 5.79. The molecule has 0 bridgehead atoms. The number of aromatic nitrogens is 5. The molecular weight excluding hydrogens is 352 g/mol. The van der Waals surface area contributed by atoms with E-state index in [9.17, 15) is 5.11 Å². The summed E-state index contributed by atoms with van der Waals surface area (Å²) in [5, 5.41) is 11.3. The summed E-state index contributed by atoms with van der Waals surface area (Å²) in [6, 6.07) is 0.427. The summed E-state index contributed by atoms with van der Waals surface area (Å²) in [5.74, 6) is 0.700. The van der Waals surface area contributed by atoms with Gasteiger partial charge in [0.2, 0.25) is 0 Å². The van der Waals surface area contributed by atoms with Crippen molar-refractivity contribution in [1.82, 2.24) is 29.4 Å². The van der Waals surface area contributed by atoms with Gasteiger partial charge in [-0.15, -0.1) is 0 Å². The fourth-order valence-corrected chi connectivity index (χ4v) is 4.79. The van der Waals surface area contributed by atoms with Gasteiger partial charge in [-0.1, -0.05) is 0 Å². The summed E-state index contributed by atoms with van der Waals surface area (Å²) < 4.78 is 2.19. The zero-order chi connectivity index (χ0) is 19.5. The first-order valence-electron chi connectivity index (χ1n) is 10.0. The molecule has 5 rings (SSSR count). The fourth-order valence-electron chi connectivity index (χ4n) is 4.79. The Hall–Kier alpha value is -2.38. The molecule has 0 saturated carbocycles. The Kier molecular flexibility index (Phi) is 4.00. The molecule has 2 atom stereocenters. The zero-order valence-electron chi connectivity index (χ0n) is 16.7. The molecular formula is C21H26N6O. The number of hydrogen-bond donors (Lipinski definition) is 1. The SMILES string of the molecule is Cc1cnc2c(n1)c1c(n2CC(C)(O)c2cnc(C)nc2)CCN2CCCC12. The molecule has 0 aliphatic carbocycles. The lowest BCUT2D eigenvalue weighted by Crippen LogP contribution is -2.33. The topological polar surface area (TPSA) is 80.0 Å². The van der Waals surface area contributed by atoms with Gasteiger partial charge in [-0.3, -0.25) is 4.90 Å². The quantitative estimate of drug-likeness (QED) is 0.754. The van der Waals surface area contributed by atoms with Crippen LogP contribution < -0.4 is 0 Å². The summed E-state index contributed by atoms with van der Waals surface area (Å²) in [6.07, 6.45) is 8.62. The van der Waals surface area contributed by atoms with Crippen LogP contribution >= 0.6 is 0 Å². The van der Waals surface area contributed by atoms with Gasteiger partial charge in [0.1, 0.15) is 16.9 Å². The molecule has 7 nitrogen and oxygen atoms in total. The molecule has 3 aromatic rings. The average molecular weight is 378 g/mol. The van der Waals surface area contributed by atoms with Crippen molar-refractivity contribution in [2.24, 2.45) is 0 Å². The molecule has 2 unspecified atom stereocenters. The van der Waals surface area contributed by atoms with E-state index in [1.807, 2.05) is 27.0 Å². The second kappa shape index (κ2) is 6.32. The minimum Gasteiger partial charge on any atom is -0.383 e. The van der Waals surface area contributed by atoms with Gasteiger partial charge in [-0.05, 0) is 40.2 Å². The lowest BCUT2D eigenvalue weighted by molar-refractivity contribution is 0.0374. The molecule has 0 amide bonds. The van der Waals surface area contributed by atoms with Crippen LogP contribution in [0, 0.1) is 13.8 Å². The Morgan fingerprint density at radius 2 is 1.93 bits per heavy atom. The standard InChI is InChI=1S/C21H26N6O/c1-13-9-24-20-19(25-13)18-16-5-4-7-26(16)8-6-17(18)27(20)12-21(3,28)15-10-22-14(2)23-11-15/h9-11,16,28H,4-8,12H2,1-3H3. The monoisotopic (exact) mass is 378 g/mol. The van der Waals surface area contributed by atoms with Crippen LogP contribution in [0.3, 0.4) is 0 Å². The van der Waals surface area contributed by atoms with Gasteiger partial charge >= 0.3 is 0 Å². The number of rotatable bonds is 3. The van der Waals surface area contributed by atoms with Crippen LogP contribution in [0.4, 0.5) is 0 Å². The number of fused-ring (bicyclic) bond motifs is 5. The third-order valence-corrected chi connectivity index (χ3v) is 6.22. The van der Waals surface area contributed by atoms with Crippen molar-refractivity contribution < 1.29 is 5.11 Å². The molecule has 28 heavy (non-hydrogen) atoms. The van der Waals surface area contributed by atoms with Gasteiger partial charge in [-0.2, -0.15) is 0 Å². The minimum absolute atomic E-state index is 0.412. The van der Waals surface area contributed by atoms with Crippen molar-refractivity contribution >= 4 is 11.2 Å². The van der Waals surface area contributed by atoms with Crippen LogP contribution in [0.2, 0.25) is 0 Å². The first kappa shape index (κ1) is 17.7. The van der Waals surface area contributed by atoms with Crippen LogP contribution in [0.5, 0.6) is 0 Å². The lowest BCUT2D eigenvalue weighted by Gasteiger charge is -2.32. The lowest BCUT2D eigenvalue weighted by atomic mass is 9.96. The Balaban J connectivity index is 1.65. The first-order chi connectivity index (χ1) is 13.4. The van der Waals surface area contributed by atoms with Crippen LogP contribution in [-0.2, 0) is 18.6 Å². The number of nitrogens with zero attached hydrogens (tertiary/aromatic N) is 6. The summed E-state index contributed by atoms with van der Waals surface area (Å²) in [5.41, 5.74) is 5.03. The molecule has 1 N–H and O–H groups in total. The number of hydrogen-bond acceptors (Lipinski definition) is 6. The van der Waals surface area contributed by atoms with E-state index in [2.05, 4.69) is 19.4 Å². The molecule has 0 radical (unpaired) electrons. The van der Waals surface area contributed by atoms with Crippen molar-refractivity contribution in [3.8, 4) is 0 Å². The molecule has 1 saturated heterocycles. The molecule has 0 aromatic carbocycles. The first-order valence-corrected chi connectivity index (χ1v) is 10.0. The highest BCUT2D eigenvalue weighted by Crippen LogP contribution is 2.42. The summed E-state index contributed by atoms with van der Waals surface area (Å²) in [4.78, 5) is 20.7. The van der Waals surface area contributed by atoms with Crippen LogP contribution in [-0.4, -0.2) is 47.6 Å². The van der Waals surface area contributed by atoms with Crippen molar-refractivity contribution in [2.45, 2.75) is 58.2 Å². The van der Waals surface area contributed by atoms with E-state index in [-0.39, 0.29) is 0 Å². The van der Waals surface area contributed by atoms with Gasteiger partial charge in [0.15, 0.2) is 5.65 Å². The van der Waals surface area contributed by atoms with Crippen molar-refractivity contribution in [3.63, 3.8) is 0 Å². The fraction of sp³-hybridized carbons (Fsp3) is 0.524. The van der Waals surface area contributed by atoms with Crippen LogP contribution in [0.1, 0.15) is 54.1 Å². The molecule has 1 fully saturated rings.